The van der Waals surface area contributed by atoms with E-state index in [4.69, 9.17) is 0 Å². The Morgan fingerprint density at radius 1 is 1.35 bits per heavy atom. The van der Waals surface area contributed by atoms with E-state index in [0.29, 0.717) is 12.5 Å². The second kappa shape index (κ2) is 7.99. The molecule has 1 saturated carbocycles. The van der Waals surface area contributed by atoms with Crippen molar-refractivity contribution < 1.29 is 4.79 Å². The van der Waals surface area contributed by atoms with Gasteiger partial charge in [-0.15, -0.1) is 24.0 Å². The fourth-order valence-corrected chi connectivity index (χ4v) is 2.79. The Hall–Kier alpha value is -1.31. The topological polar surface area (TPSA) is 56.7 Å². The average molecular weight is 428 g/mol. The molecule has 0 bridgehead atoms. The molecule has 1 aromatic rings. The minimum Gasteiger partial charge on any atom is -0.353 e. The molecule has 2 aliphatic rings. The third-order valence-electron chi connectivity index (χ3n) is 4.44. The molecule has 0 radical (unpaired) electrons. The van der Waals surface area contributed by atoms with Crippen molar-refractivity contribution in [2.45, 2.75) is 38.8 Å². The summed E-state index contributed by atoms with van der Waals surface area (Å²) in [5.74, 6) is 1.83. The number of halogens is 1. The van der Waals surface area contributed by atoms with Gasteiger partial charge in [0.2, 0.25) is 5.91 Å². The van der Waals surface area contributed by atoms with Gasteiger partial charge in [-0.1, -0.05) is 19.1 Å². The number of benzene rings is 1. The average Bonchev–Trinajstić information content (AvgIpc) is 3.05. The number of amides is 1. The summed E-state index contributed by atoms with van der Waals surface area (Å²) < 4.78 is 0. The lowest BCUT2D eigenvalue weighted by molar-refractivity contribution is -0.117. The minimum absolute atomic E-state index is 0. The SMILES string of the molecule is CN=C(NCc1ccc(N2CCCC2=O)cc1)NC1CC1C.I. The first-order valence-corrected chi connectivity index (χ1v) is 8.04. The maximum absolute atomic E-state index is 11.7. The molecule has 0 aromatic heterocycles. The number of carbonyl (C=O) groups is 1. The zero-order valence-electron chi connectivity index (χ0n) is 13.7. The number of aliphatic imine (C=N–C) groups is 1. The van der Waals surface area contributed by atoms with Crippen molar-refractivity contribution in [1.29, 1.82) is 0 Å². The van der Waals surface area contributed by atoms with Crippen LogP contribution in [0.5, 0.6) is 0 Å². The largest absolute Gasteiger partial charge is 0.353 e. The highest BCUT2D eigenvalue weighted by molar-refractivity contribution is 14.0. The molecule has 3 rings (SSSR count). The summed E-state index contributed by atoms with van der Waals surface area (Å²) in [5, 5.41) is 6.74. The van der Waals surface area contributed by atoms with Crippen molar-refractivity contribution in [2.75, 3.05) is 18.5 Å². The Morgan fingerprint density at radius 3 is 2.57 bits per heavy atom. The van der Waals surface area contributed by atoms with E-state index < -0.39 is 0 Å². The van der Waals surface area contributed by atoms with Crippen LogP contribution < -0.4 is 15.5 Å². The summed E-state index contributed by atoms with van der Waals surface area (Å²) in [5.41, 5.74) is 2.18. The minimum atomic E-state index is 0. The number of guanidine groups is 1. The van der Waals surface area contributed by atoms with Gasteiger partial charge < -0.3 is 15.5 Å². The first kappa shape index (κ1) is 18.0. The van der Waals surface area contributed by atoms with Crippen LogP contribution in [0.15, 0.2) is 29.3 Å². The maximum atomic E-state index is 11.7. The second-order valence-corrected chi connectivity index (χ2v) is 6.20. The molecule has 2 fully saturated rings. The summed E-state index contributed by atoms with van der Waals surface area (Å²) in [6.07, 6.45) is 2.86. The first-order chi connectivity index (χ1) is 10.7. The molecule has 1 aliphatic carbocycles. The molecule has 1 saturated heterocycles. The molecule has 6 heteroatoms. The standard InChI is InChI=1S/C17H24N4O.HI/c1-12-10-15(12)20-17(18-2)19-11-13-5-7-14(8-6-13)21-9-3-4-16(21)22;/h5-8,12,15H,3-4,9-11H2,1-2H3,(H2,18,19,20);1H. The van der Waals surface area contributed by atoms with Crippen molar-refractivity contribution in [3.05, 3.63) is 29.8 Å². The molecule has 1 aliphatic heterocycles. The van der Waals surface area contributed by atoms with Gasteiger partial charge in [-0.25, -0.2) is 0 Å². The number of nitrogens with zero attached hydrogens (tertiary/aromatic N) is 2. The Labute approximate surface area is 154 Å². The normalized spacial score (nSPS) is 23.5. The van der Waals surface area contributed by atoms with Crippen molar-refractivity contribution in [2.24, 2.45) is 10.9 Å². The summed E-state index contributed by atoms with van der Waals surface area (Å²) in [6.45, 7) is 3.81. The smallest absolute Gasteiger partial charge is 0.227 e. The number of nitrogens with one attached hydrogen (secondary N) is 2. The molecule has 1 aromatic carbocycles. The maximum Gasteiger partial charge on any atom is 0.227 e. The van der Waals surface area contributed by atoms with E-state index in [1.807, 2.05) is 17.0 Å². The van der Waals surface area contributed by atoms with Gasteiger partial charge in [0, 0.05) is 38.3 Å². The van der Waals surface area contributed by atoms with Crippen LogP contribution in [0.3, 0.4) is 0 Å². The lowest BCUT2D eigenvalue weighted by atomic mass is 10.2. The van der Waals surface area contributed by atoms with E-state index in [9.17, 15) is 4.79 Å². The molecular weight excluding hydrogens is 403 g/mol. The monoisotopic (exact) mass is 428 g/mol. The summed E-state index contributed by atoms with van der Waals surface area (Å²) >= 11 is 0. The van der Waals surface area contributed by atoms with Crippen LogP contribution in [0.1, 0.15) is 31.7 Å². The molecule has 5 nitrogen and oxygen atoms in total. The number of rotatable bonds is 4. The predicted octanol–water partition coefficient (Wildman–Crippen LogP) is 2.50. The van der Waals surface area contributed by atoms with Gasteiger partial charge in [0.05, 0.1) is 0 Å². The van der Waals surface area contributed by atoms with E-state index in [0.717, 1.165) is 37.1 Å². The Kier molecular flexibility index (Phi) is 6.26. The Morgan fingerprint density at radius 2 is 2.04 bits per heavy atom. The van der Waals surface area contributed by atoms with Gasteiger partial charge in [0.1, 0.15) is 0 Å². The first-order valence-electron chi connectivity index (χ1n) is 8.04. The Bertz CT molecular complexity index is 572. The van der Waals surface area contributed by atoms with E-state index in [-0.39, 0.29) is 29.9 Å². The summed E-state index contributed by atoms with van der Waals surface area (Å²) in [6, 6.07) is 8.76. The van der Waals surface area contributed by atoms with Gasteiger partial charge in [-0.2, -0.15) is 0 Å². The summed E-state index contributed by atoms with van der Waals surface area (Å²) in [4.78, 5) is 17.9. The van der Waals surface area contributed by atoms with Crippen LogP contribution >= 0.6 is 24.0 Å². The highest BCUT2D eigenvalue weighted by Gasteiger charge is 2.33. The Balaban J connectivity index is 0.00000192. The van der Waals surface area contributed by atoms with Crippen molar-refractivity contribution in [1.82, 2.24) is 10.6 Å². The fraction of sp³-hybridized carbons (Fsp3) is 0.529. The van der Waals surface area contributed by atoms with E-state index in [2.05, 4.69) is 34.7 Å². The third-order valence-corrected chi connectivity index (χ3v) is 4.44. The number of hydrogen-bond acceptors (Lipinski definition) is 2. The van der Waals surface area contributed by atoms with Crippen LogP contribution in [-0.4, -0.2) is 31.5 Å². The van der Waals surface area contributed by atoms with Gasteiger partial charge in [0.15, 0.2) is 5.96 Å². The molecule has 2 atom stereocenters. The van der Waals surface area contributed by atoms with E-state index in [1.165, 1.54) is 12.0 Å². The zero-order valence-corrected chi connectivity index (χ0v) is 16.0. The lowest BCUT2D eigenvalue weighted by Crippen LogP contribution is -2.38. The number of carbonyl (C=O) groups excluding carboxylic acids is 1. The fourth-order valence-electron chi connectivity index (χ4n) is 2.79. The van der Waals surface area contributed by atoms with Crippen molar-refractivity contribution in [3.8, 4) is 0 Å². The van der Waals surface area contributed by atoms with Gasteiger partial charge in [-0.05, 0) is 36.5 Å². The van der Waals surface area contributed by atoms with Crippen LogP contribution in [0.4, 0.5) is 5.69 Å². The van der Waals surface area contributed by atoms with Crippen molar-refractivity contribution in [3.63, 3.8) is 0 Å². The molecule has 0 spiro atoms. The lowest BCUT2D eigenvalue weighted by Gasteiger charge is -2.16. The van der Waals surface area contributed by atoms with Crippen LogP contribution in [0.25, 0.3) is 0 Å². The van der Waals surface area contributed by atoms with Gasteiger partial charge in [0.25, 0.3) is 0 Å². The van der Waals surface area contributed by atoms with Crippen LogP contribution in [0, 0.1) is 5.92 Å². The predicted molar refractivity (Wildman–Crippen MR) is 104 cm³/mol. The second-order valence-electron chi connectivity index (χ2n) is 6.20. The van der Waals surface area contributed by atoms with Gasteiger partial charge >= 0.3 is 0 Å². The highest BCUT2D eigenvalue weighted by atomic mass is 127. The quantitative estimate of drug-likeness (QED) is 0.440. The van der Waals surface area contributed by atoms with Crippen molar-refractivity contribution >= 4 is 41.5 Å². The molecule has 2 N–H and O–H groups in total. The highest BCUT2D eigenvalue weighted by Crippen LogP contribution is 2.28. The molecular formula is C17H25IN4O. The van der Waals surface area contributed by atoms with Gasteiger partial charge in [-0.3, -0.25) is 9.79 Å². The number of hydrogen-bond donors (Lipinski definition) is 2. The van der Waals surface area contributed by atoms with E-state index in [1.54, 1.807) is 7.05 Å². The van der Waals surface area contributed by atoms with Crippen LogP contribution in [-0.2, 0) is 11.3 Å². The van der Waals surface area contributed by atoms with E-state index >= 15 is 0 Å². The zero-order chi connectivity index (χ0) is 15.5. The molecule has 2 unspecified atom stereocenters. The van der Waals surface area contributed by atoms with Crippen LogP contribution in [0.2, 0.25) is 0 Å². The molecule has 1 amide bonds. The number of anilines is 1. The third kappa shape index (κ3) is 4.59. The molecule has 23 heavy (non-hydrogen) atoms. The molecule has 126 valence electrons. The summed E-state index contributed by atoms with van der Waals surface area (Å²) in [7, 11) is 1.80. The molecule has 1 heterocycles.